The van der Waals surface area contributed by atoms with Crippen LogP contribution < -0.4 is 5.32 Å². The van der Waals surface area contributed by atoms with Crippen molar-refractivity contribution in [3.8, 4) is 0 Å². The van der Waals surface area contributed by atoms with Gasteiger partial charge in [-0.25, -0.2) is 0 Å². The van der Waals surface area contributed by atoms with Crippen LogP contribution in [0.1, 0.15) is 26.7 Å². The molecule has 13 heteroatoms. The number of imide groups is 1. The van der Waals surface area contributed by atoms with Gasteiger partial charge in [0.2, 0.25) is 11.8 Å². The molecule has 0 radical (unpaired) electrons. The minimum absolute atomic E-state index is 0.00646. The van der Waals surface area contributed by atoms with Gasteiger partial charge >= 0.3 is 0 Å². The van der Waals surface area contributed by atoms with Crippen molar-refractivity contribution in [2.24, 2.45) is 0 Å². The van der Waals surface area contributed by atoms with E-state index >= 15 is 0 Å². The van der Waals surface area contributed by atoms with E-state index in [1.54, 1.807) is 6.92 Å². The molecule has 0 saturated carbocycles. The predicted molar refractivity (Wildman–Crippen MR) is 110 cm³/mol. The normalized spacial score (nSPS) is 33.0. The first-order chi connectivity index (χ1) is 15.6. The van der Waals surface area contributed by atoms with Crippen molar-refractivity contribution in [1.29, 1.82) is 5.41 Å². The van der Waals surface area contributed by atoms with Gasteiger partial charge in [-0.2, -0.15) is 0 Å². The standard InChI is InChI=1S/C20H28N6O7/c1-3-13-19(31)23(10(2)21)7-15-24(18(30)12-4-11(27)5-22-12)6-14(20(32)25(13)15)26-16(28)8-33-9-17(26)29/h11-15,21-22,27H,3-9H2,1-2H3/t11-,12+,13-,14-,15?/m1/s1. The molecule has 5 amide bonds. The van der Waals surface area contributed by atoms with E-state index in [-0.39, 0.29) is 51.5 Å². The van der Waals surface area contributed by atoms with E-state index in [2.05, 4.69) is 5.32 Å². The van der Waals surface area contributed by atoms with Crippen LogP contribution in [0.4, 0.5) is 0 Å². The van der Waals surface area contributed by atoms with E-state index in [9.17, 15) is 29.1 Å². The van der Waals surface area contributed by atoms with E-state index in [1.807, 2.05) is 0 Å². The van der Waals surface area contributed by atoms with Crippen molar-refractivity contribution in [1.82, 2.24) is 24.9 Å². The summed E-state index contributed by atoms with van der Waals surface area (Å²) in [6, 6.07) is -2.95. The average molecular weight is 464 g/mol. The molecule has 33 heavy (non-hydrogen) atoms. The maximum absolute atomic E-state index is 13.6. The zero-order chi connectivity index (χ0) is 24.0. The fourth-order valence-electron chi connectivity index (χ4n) is 5.01. The Morgan fingerprint density at radius 2 is 1.82 bits per heavy atom. The number of nitrogens with zero attached hydrogens (tertiary/aromatic N) is 4. The van der Waals surface area contributed by atoms with Crippen molar-refractivity contribution in [3.63, 3.8) is 0 Å². The number of amidine groups is 1. The van der Waals surface area contributed by atoms with Crippen LogP contribution in [0.15, 0.2) is 0 Å². The van der Waals surface area contributed by atoms with Crippen molar-refractivity contribution in [2.45, 2.75) is 57.1 Å². The number of carbonyl (C=O) groups is 5. The first-order valence-electron chi connectivity index (χ1n) is 11.0. The van der Waals surface area contributed by atoms with Crippen LogP contribution in [-0.2, 0) is 28.7 Å². The number of ether oxygens (including phenoxy) is 1. The lowest BCUT2D eigenvalue weighted by Gasteiger charge is -2.55. The maximum atomic E-state index is 13.6. The lowest BCUT2D eigenvalue weighted by molar-refractivity contribution is -0.185. The Morgan fingerprint density at radius 1 is 1.15 bits per heavy atom. The molecule has 0 bridgehead atoms. The lowest BCUT2D eigenvalue weighted by Crippen LogP contribution is -2.77. The number of morpholine rings is 1. The lowest BCUT2D eigenvalue weighted by atomic mass is 9.97. The Kier molecular flexibility index (Phi) is 6.20. The molecule has 4 heterocycles. The molecule has 4 rings (SSSR count). The van der Waals surface area contributed by atoms with E-state index in [4.69, 9.17) is 10.1 Å². The Balaban J connectivity index is 1.74. The molecule has 0 aromatic heterocycles. The molecule has 4 aliphatic heterocycles. The topological polar surface area (TPSA) is 164 Å². The number of nitrogens with one attached hydrogen (secondary N) is 2. The number of carbonyl (C=O) groups excluding carboxylic acids is 5. The second kappa shape index (κ2) is 8.80. The average Bonchev–Trinajstić information content (AvgIpc) is 3.20. The number of piperazine rings is 1. The predicted octanol–water partition coefficient (Wildman–Crippen LogP) is -2.92. The number of aliphatic hydroxyl groups is 1. The minimum Gasteiger partial charge on any atom is -0.392 e. The summed E-state index contributed by atoms with van der Waals surface area (Å²) < 4.78 is 4.96. The Bertz CT molecular complexity index is 893. The zero-order valence-electron chi connectivity index (χ0n) is 18.5. The number of hydrogen-bond donors (Lipinski definition) is 3. The molecule has 0 aliphatic carbocycles. The summed E-state index contributed by atoms with van der Waals surface area (Å²) in [5.74, 6) is -2.81. The summed E-state index contributed by atoms with van der Waals surface area (Å²) >= 11 is 0. The Morgan fingerprint density at radius 3 is 2.36 bits per heavy atom. The summed E-state index contributed by atoms with van der Waals surface area (Å²) in [5, 5.41) is 20.8. The SMILES string of the molecule is CC[C@@H]1C(=O)N(C(C)=N)CC2N(C(=O)[C@@H]3C[C@@H](O)CN3)C[C@@H](N3C(=O)COCC3=O)C(=O)N21. The quantitative estimate of drug-likeness (QED) is 0.227. The van der Waals surface area contributed by atoms with Crippen molar-refractivity contribution in [3.05, 3.63) is 0 Å². The third kappa shape index (κ3) is 3.89. The van der Waals surface area contributed by atoms with Crippen LogP contribution in [0.3, 0.4) is 0 Å². The number of aliphatic hydroxyl groups excluding tert-OH is 1. The van der Waals surface area contributed by atoms with Crippen LogP contribution in [0.5, 0.6) is 0 Å². The fourth-order valence-corrected chi connectivity index (χ4v) is 5.01. The molecular formula is C20H28N6O7. The second-order valence-electron chi connectivity index (χ2n) is 8.69. The fraction of sp³-hybridized carbons (Fsp3) is 0.700. The van der Waals surface area contributed by atoms with Gasteiger partial charge in [-0.3, -0.25) is 39.2 Å². The molecule has 0 aromatic rings. The molecule has 4 fully saturated rings. The molecule has 13 nitrogen and oxygen atoms in total. The molecule has 3 N–H and O–H groups in total. The van der Waals surface area contributed by atoms with Gasteiger partial charge in [0.05, 0.1) is 31.1 Å². The highest BCUT2D eigenvalue weighted by atomic mass is 16.5. The van der Waals surface area contributed by atoms with Gasteiger partial charge in [0, 0.05) is 6.54 Å². The van der Waals surface area contributed by atoms with Gasteiger partial charge in [0.25, 0.3) is 17.7 Å². The largest absolute Gasteiger partial charge is 0.392 e. The van der Waals surface area contributed by atoms with E-state index in [0.29, 0.717) is 0 Å². The molecular weight excluding hydrogens is 436 g/mol. The van der Waals surface area contributed by atoms with Gasteiger partial charge in [-0.15, -0.1) is 0 Å². The summed E-state index contributed by atoms with van der Waals surface area (Å²) in [7, 11) is 0. The second-order valence-corrected chi connectivity index (χ2v) is 8.69. The molecule has 180 valence electrons. The van der Waals surface area contributed by atoms with Gasteiger partial charge in [-0.1, -0.05) is 6.92 Å². The molecule has 0 aromatic carbocycles. The monoisotopic (exact) mass is 464 g/mol. The van der Waals surface area contributed by atoms with Crippen molar-refractivity contribution >= 4 is 35.4 Å². The molecule has 0 spiro atoms. The van der Waals surface area contributed by atoms with E-state index in [0.717, 1.165) is 4.90 Å². The highest BCUT2D eigenvalue weighted by Gasteiger charge is 2.55. The number of fused-ring (bicyclic) bond motifs is 1. The number of rotatable bonds is 3. The minimum atomic E-state index is -1.28. The molecule has 4 aliphatic rings. The van der Waals surface area contributed by atoms with Crippen molar-refractivity contribution in [2.75, 3.05) is 32.8 Å². The van der Waals surface area contributed by atoms with Gasteiger partial charge in [-0.05, 0) is 19.8 Å². The van der Waals surface area contributed by atoms with Crippen LogP contribution in [0.2, 0.25) is 0 Å². The summed E-state index contributed by atoms with van der Waals surface area (Å²) in [5.41, 5.74) is 0. The van der Waals surface area contributed by atoms with Gasteiger partial charge in [0.15, 0.2) is 0 Å². The summed E-state index contributed by atoms with van der Waals surface area (Å²) in [4.78, 5) is 69.9. The molecule has 5 atom stereocenters. The van der Waals surface area contributed by atoms with Crippen LogP contribution >= 0.6 is 0 Å². The van der Waals surface area contributed by atoms with Gasteiger partial charge in [0.1, 0.15) is 31.5 Å². The Labute approximate surface area is 190 Å². The van der Waals surface area contributed by atoms with E-state index < -0.39 is 59.9 Å². The van der Waals surface area contributed by atoms with Gasteiger partial charge < -0.3 is 25.0 Å². The highest BCUT2D eigenvalue weighted by Crippen LogP contribution is 2.30. The van der Waals surface area contributed by atoms with E-state index in [1.165, 1.54) is 21.6 Å². The zero-order valence-corrected chi connectivity index (χ0v) is 18.5. The third-order valence-corrected chi connectivity index (χ3v) is 6.60. The first kappa shape index (κ1) is 23.3. The first-order valence-corrected chi connectivity index (χ1v) is 11.0. The number of hydrogen-bond acceptors (Lipinski definition) is 9. The van der Waals surface area contributed by atoms with Crippen LogP contribution in [0, 0.1) is 5.41 Å². The summed E-state index contributed by atoms with van der Waals surface area (Å²) in [6.07, 6.45) is -1.16. The summed E-state index contributed by atoms with van der Waals surface area (Å²) in [6.45, 7) is 2.37. The van der Waals surface area contributed by atoms with Crippen molar-refractivity contribution < 1.29 is 33.8 Å². The smallest absolute Gasteiger partial charge is 0.256 e. The number of β-amino-alcohol motifs (C(OH)–C–C–N with tert-alkyl or cyclic N) is 1. The Hall–Kier alpha value is -2.90. The van der Waals surface area contributed by atoms with Crippen LogP contribution in [-0.4, -0.2) is 123 Å². The number of amides is 5. The van der Waals surface area contributed by atoms with Crippen LogP contribution in [0.25, 0.3) is 0 Å². The molecule has 4 saturated heterocycles. The third-order valence-electron chi connectivity index (χ3n) is 6.60. The highest BCUT2D eigenvalue weighted by molar-refractivity contribution is 6.06. The molecule has 1 unspecified atom stereocenters. The maximum Gasteiger partial charge on any atom is 0.256 e.